The molecule has 0 aromatic heterocycles. The first kappa shape index (κ1) is 17.9. The first-order valence-electron chi connectivity index (χ1n) is 6.87. The molecule has 0 aliphatic heterocycles. The summed E-state index contributed by atoms with van der Waals surface area (Å²) in [7, 11) is 0. The normalized spacial score (nSPS) is 12.9. The Morgan fingerprint density at radius 2 is 1.37 bits per heavy atom. The maximum Gasteiger partial charge on any atom is 0.324 e. The third kappa shape index (κ3) is 5.62. The molecule has 4 nitrogen and oxygen atoms in total. The summed E-state index contributed by atoms with van der Waals surface area (Å²) in [6, 6.07) is 0. The molecule has 0 spiro atoms. The highest BCUT2D eigenvalue weighted by Gasteiger charge is 2.49. The number of rotatable bonds is 6. The SMILES string of the molecule is CC(C)CC(CC(C)C)(C(=O)O)C(=O)OC(C)(C)C. The molecule has 0 aliphatic rings. The van der Waals surface area contributed by atoms with Gasteiger partial charge in [0, 0.05) is 0 Å². The lowest BCUT2D eigenvalue weighted by Crippen LogP contribution is -2.45. The van der Waals surface area contributed by atoms with E-state index < -0.39 is 23.0 Å². The molecule has 0 saturated carbocycles. The summed E-state index contributed by atoms with van der Waals surface area (Å²) in [5, 5.41) is 9.59. The average Bonchev–Trinajstić information content (AvgIpc) is 2.11. The van der Waals surface area contributed by atoms with Crippen LogP contribution in [0.5, 0.6) is 0 Å². The van der Waals surface area contributed by atoms with Gasteiger partial charge < -0.3 is 9.84 Å². The molecule has 0 bridgehead atoms. The molecule has 0 radical (unpaired) electrons. The van der Waals surface area contributed by atoms with Crippen molar-refractivity contribution in [1.82, 2.24) is 0 Å². The average molecular weight is 272 g/mol. The molecular weight excluding hydrogens is 244 g/mol. The van der Waals surface area contributed by atoms with Gasteiger partial charge in [-0.1, -0.05) is 27.7 Å². The van der Waals surface area contributed by atoms with Gasteiger partial charge in [0.1, 0.15) is 5.60 Å². The van der Waals surface area contributed by atoms with Crippen molar-refractivity contribution in [2.45, 2.75) is 66.9 Å². The number of carbonyl (C=O) groups is 2. The Hall–Kier alpha value is -1.06. The number of ether oxygens (including phenoxy) is 1. The van der Waals surface area contributed by atoms with Crippen molar-refractivity contribution in [1.29, 1.82) is 0 Å². The molecule has 112 valence electrons. The van der Waals surface area contributed by atoms with Crippen LogP contribution in [0.4, 0.5) is 0 Å². The van der Waals surface area contributed by atoms with Crippen molar-refractivity contribution in [3.63, 3.8) is 0 Å². The van der Waals surface area contributed by atoms with E-state index in [9.17, 15) is 14.7 Å². The Morgan fingerprint density at radius 3 is 1.58 bits per heavy atom. The zero-order chi connectivity index (χ0) is 15.4. The van der Waals surface area contributed by atoms with Gasteiger partial charge in [-0.3, -0.25) is 9.59 Å². The van der Waals surface area contributed by atoms with Crippen LogP contribution in [0.2, 0.25) is 0 Å². The highest BCUT2D eigenvalue weighted by molar-refractivity contribution is 5.99. The first-order chi connectivity index (χ1) is 8.40. The fourth-order valence-electron chi connectivity index (χ4n) is 2.28. The summed E-state index contributed by atoms with van der Waals surface area (Å²) >= 11 is 0. The molecule has 0 rings (SSSR count). The molecule has 0 unspecified atom stereocenters. The molecule has 0 heterocycles. The molecule has 0 atom stereocenters. The highest BCUT2D eigenvalue weighted by atomic mass is 16.6. The van der Waals surface area contributed by atoms with Crippen LogP contribution in [-0.4, -0.2) is 22.6 Å². The Bertz CT molecular complexity index is 314. The van der Waals surface area contributed by atoms with Gasteiger partial charge >= 0.3 is 11.9 Å². The van der Waals surface area contributed by atoms with Crippen molar-refractivity contribution in [3.8, 4) is 0 Å². The number of carboxylic acids is 1. The van der Waals surface area contributed by atoms with Crippen LogP contribution in [-0.2, 0) is 14.3 Å². The Balaban J connectivity index is 5.43. The van der Waals surface area contributed by atoms with E-state index in [0.717, 1.165) is 0 Å². The van der Waals surface area contributed by atoms with Gasteiger partial charge in [0.25, 0.3) is 0 Å². The summed E-state index contributed by atoms with van der Waals surface area (Å²) in [5.41, 5.74) is -2.11. The van der Waals surface area contributed by atoms with Crippen LogP contribution in [0.3, 0.4) is 0 Å². The van der Waals surface area contributed by atoms with Crippen LogP contribution >= 0.6 is 0 Å². The molecule has 0 saturated heterocycles. The van der Waals surface area contributed by atoms with Crippen LogP contribution < -0.4 is 0 Å². The van der Waals surface area contributed by atoms with E-state index in [2.05, 4.69) is 0 Å². The van der Waals surface area contributed by atoms with E-state index >= 15 is 0 Å². The summed E-state index contributed by atoms with van der Waals surface area (Å²) in [6.45, 7) is 12.9. The van der Waals surface area contributed by atoms with Gasteiger partial charge in [0.15, 0.2) is 5.41 Å². The molecule has 0 fully saturated rings. The minimum absolute atomic E-state index is 0.113. The minimum Gasteiger partial charge on any atom is -0.480 e. The monoisotopic (exact) mass is 272 g/mol. The zero-order valence-electron chi connectivity index (χ0n) is 13.2. The number of hydrogen-bond acceptors (Lipinski definition) is 3. The van der Waals surface area contributed by atoms with Crippen LogP contribution in [0.15, 0.2) is 0 Å². The van der Waals surface area contributed by atoms with E-state index in [0.29, 0.717) is 12.8 Å². The number of aliphatic carboxylic acids is 1. The third-order valence-corrected chi connectivity index (χ3v) is 2.71. The topological polar surface area (TPSA) is 63.6 Å². The smallest absolute Gasteiger partial charge is 0.324 e. The predicted molar refractivity (Wildman–Crippen MR) is 74.8 cm³/mol. The van der Waals surface area contributed by atoms with Crippen LogP contribution in [0, 0.1) is 17.3 Å². The lowest BCUT2D eigenvalue weighted by molar-refractivity contribution is -0.179. The fourth-order valence-corrected chi connectivity index (χ4v) is 2.28. The quantitative estimate of drug-likeness (QED) is 0.594. The van der Waals surface area contributed by atoms with Crippen molar-refractivity contribution >= 4 is 11.9 Å². The van der Waals surface area contributed by atoms with E-state index in [1.54, 1.807) is 20.8 Å². The van der Waals surface area contributed by atoms with Crippen molar-refractivity contribution in [3.05, 3.63) is 0 Å². The number of hydrogen-bond donors (Lipinski definition) is 1. The molecule has 0 aromatic rings. The number of esters is 1. The van der Waals surface area contributed by atoms with Gasteiger partial charge in [0.05, 0.1) is 0 Å². The molecule has 1 N–H and O–H groups in total. The van der Waals surface area contributed by atoms with Crippen LogP contribution in [0.25, 0.3) is 0 Å². The molecule has 0 amide bonds. The second-order valence-corrected chi connectivity index (χ2v) is 7.09. The van der Waals surface area contributed by atoms with Crippen molar-refractivity contribution in [2.24, 2.45) is 17.3 Å². The maximum atomic E-state index is 12.4. The largest absolute Gasteiger partial charge is 0.480 e. The molecule has 0 aromatic carbocycles. The number of carbonyl (C=O) groups excluding carboxylic acids is 1. The zero-order valence-corrected chi connectivity index (χ0v) is 13.2. The van der Waals surface area contributed by atoms with Gasteiger partial charge in [-0.25, -0.2) is 0 Å². The van der Waals surface area contributed by atoms with E-state index in [1.807, 2.05) is 27.7 Å². The predicted octanol–water partition coefficient (Wildman–Crippen LogP) is 3.49. The Morgan fingerprint density at radius 1 is 1.00 bits per heavy atom. The second-order valence-electron chi connectivity index (χ2n) is 7.09. The molecule has 4 heteroatoms. The third-order valence-electron chi connectivity index (χ3n) is 2.71. The second kappa shape index (κ2) is 6.40. The summed E-state index contributed by atoms with van der Waals surface area (Å²) in [6.07, 6.45) is 0.602. The first-order valence-corrected chi connectivity index (χ1v) is 6.87. The Kier molecular flexibility index (Phi) is 6.04. The van der Waals surface area contributed by atoms with Gasteiger partial charge in [-0.15, -0.1) is 0 Å². The molecular formula is C15H28O4. The lowest BCUT2D eigenvalue weighted by Gasteiger charge is -2.33. The highest BCUT2D eigenvalue weighted by Crippen LogP contribution is 2.36. The van der Waals surface area contributed by atoms with Crippen molar-refractivity contribution in [2.75, 3.05) is 0 Å². The Labute approximate surface area is 116 Å². The van der Waals surface area contributed by atoms with Crippen LogP contribution in [0.1, 0.15) is 61.3 Å². The molecule has 0 aliphatic carbocycles. The van der Waals surface area contributed by atoms with E-state index in [-0.39, 0.29) is 11.8 Å². The van der Waals surface area contributed by atoms with Gasteiger partial charge in [-0.05, 0) is 45.4 Å². The molecule has 19 heavy (non-hydrogen) atoms. The summed E-state index contributed by atoms with van der Waals surface area (Å²) < 4.78 is 5.35. The van der Waals surface area contributed by atoms with E-state index in [4.69, 9.17) is 4.74 Å². The maximum absolute atomic E-state index is 12.4. The lowest BCUT2D eigenvalue weighted by atomic mass is 9.74. The number of carboxylic acid groups (broad SMARTS) is 1. The summed E-state index contributed by atoms with van der Waals surface area (Å²) in [5.74, 6) is -1.47. The standard InChI is InChI=1S/C15H28O4/c1-10(2)8-15(12(16)17,9-11(3)4)13(18)19-14(5,6)7/h10-11H,8-9H2,1-7H3,(H,16,17). The minimum atomic E-state index is -1.43. The van der Waals surface area contributed by atoms with Crippen molar-refractivity contribution < 1.29 is 19.4 Å². The van der Waals surface area contributed by atoms with Gasteiger partial charge in [0.2, 0.25) is 0 Å². The van der Waals surface area contributed by atoms with Gasteiger partial charge in [-0.2, -0.15) is 0 Å². The van der Waals surface area contributed by atoms with E-state index in [1.165, 1.54) is 0 Å². The summed E-state index contributed by atoms with van der Waals surface area (Å²) in [4.78, 5) is 24.1. The fraction of sp³-hybridized carbons (Fsp3) is 0.867.